The maximum Gasteiger partial charge on any atom is 0.407 e. The second-order valence-electron chi connectivity index (χ2n) is 14.6. The molecule has 0 fully saturated rings. The van der Waals surface area contributed by atoms with Gasteiger partial charge in [-0.1, -0.05) is 24.3 Å². The van der Waals surface area contributed by atoms with Crippen LogP contribution in [-0.2, 0) is 42.3 Å². The number of benzene rings is 4. The molecule has 0 saturated carbocycles. The first kappa shape index (κ1) is 51.2. The Morgan fingerprint density at radius 2 is 1.55 bits per heavy atom. The maximum atomic E-state index is 14.0. The summed E-state index contributed by atoms with van der Waals surface area (Å²) in [5.41, 5.74) is 1.92. The van der Waals surface area contributed by atoms with Crippen LogP contribution >= 0.6 is 18.9 Å². The Kier molecular flexibility index (Phi) is 20.0. The van der Waals surface area contributed by atoms with Gasteiger partial charge < -0.3 is 43.5 Å². The van der Waals surface area contributed by atoms with Crippen LogP contribution in [0.2, 0.25) is 0 Å². The van der Waals surface area contributed by atoms with Crippen LogP contribution in [0.25, 0.3) is 10.1 Å². The third kappa shape index (κ3) is 16.6. The van der Waals surface area contributed by atoms with E-state index in [-0.39, 0.29) is 28.7 Å². The summed E-state index contributed by atoms with van der Waals surface area (Å²) < 4.78 is 82.8. The lowest BCUT2D eigenvalue weighted by Crippen LogP contribution is -2.30. The second kappa shape index (κ2) is 25.8. The van der Waals surface area contributed by atoms with Crippen molar-refractivity contribution in [2.24, 2.45) is 4.99 Å². The highest BCUT2D eigenvalue weighted by Crippen LogP contribution is 2.43. The van der Waals surface area contributed by atoms with Crippen molar-refractivity contribution in [3.63, 3.8) is 0 Å². The van der Waals surface area contributed by atoms with Crippen molar-refractivity contribution in [2.75, 3.05) is 59.8 Å². The largest absolute Gasteiger partial charge is 0.497 e. The predicted molar refractivity (Wildman–Crippen MR) is 247 cm³/mol. The molecule has 17 nitrogen and oxygen atoms in total. The number of nitrogens with zero attached hydrogens (tertiary/aromatic N) is 3. The Bertz CT molecular complexity index is 2570. The number of carbonyl (C=O) groups is 1. The van der Waals surface area contributed by atoms with Gasteiger partial charge in [-0.05, 0) is 117 Å². The number of ether oxygens (including phenoxy) is 4. The summed E-state index contributed by atoms with van der Waals surface area (Å²) >= 11 is 0.995. The molecule has 1 amide bonds. The fraction of sp³-hybridized carbons (Fsp3) is 0.356. The van der Waals surface area contributed by atoms with Gasteiger partial charge in [-0.2, -0.15) is 14.9 Å². The van der Waals surface area contributed by atoms with Gasteiger partial charge in [0.1, 0.15) is 58.6 Å². The molecule has 354 valence electrons. The number of sulfonamides is 1. The number of alkyl carbamates (subject to hydrolysis) is 1. The monoisotopic (exact) mass is 969 g/mol. The average molecular weight is 970 g/mol. The van der Waals surface area contributed by atoms with Crippen LogP contribution in [-0.4, -0.2) is 90.5 Å². The number of nitriles is 1. The average Bonchev–Trinajstić information content (AvgIpc) is 3.65. The number of nitrogens with one attached hydrogen (secondary N) is 2. The molecule has 0 aliphatic rings. The van der Waals surface area contributed by atoms with Crippen molar-refractivity contribution in [3.8, 4) is 29.1 Å². The van der Waals surface area contributed by atoms with Gasteiger partial charge in [-0.3, -0.25) is 4.99 Å². The Balaban J connectivity index is 1.08. The van der Waals surface area contributed by atoms with Crippen molar-refractivity contribution in [2.45, 2.75) is 50.0 Å². The van der Waals surface area contributed by atoms with Crippen molar-refractivity contribution in [1.29, 1.82) is 5.26 Å². The highest BCUT2D eigenvalue weighted by atomic mass is 32.2. The van der Waals surface area contributed by atoms with Gasteiger partial charge in [-0.25, -0.2) is 22.2 Å². The maximum absolute atomic E-state index is 14.0. The van der Waals surface area contributed by atoms with E-state index >= 15 is 0 Å². The lowest BCUT2D eigenvalue weighted by atomic mass is 10.2. The molecule has 0 aliphatic carbocycles. The van der Waals surface area contributed by atoms with E-state index in [4.69, 9.17) is 38.5 Å². The molecule has 0 spiro atoms. The van der Waals surface area contributed by atoms with E-state index in [2.05, 4.69) is 19.9 Å². The van der Waals surface area contributed by atoms with E-state index in [1.165, 1.54) is 6.40 Å². The van der Waals surface area contributed by atoms with Crippen molar-refractivity contribution >= 4 is 51.5 Å². The van der Waals surface area contributed by atoms with Crippen molar-refractivity contribution in [3.05, 3.63) is 113 Å². The number of methoxy groups -OCH3 is 2. The summed E-state index contributed by atoms with van der Waals surface area (Å²) in [6, 6.07) is 24.6. The highest BCUT2D eigenvalue weighted by molar-refractivity contribution is 7.92. The first-order valence-electron chi connectivity index (χ1n) is 20.8. The number of aryl methyl sites for hydroxylation is 1. The van der Waals surface area contributed by atoms with Crippen LogP contribution in [0.1, 0.15) is 47.9 Å². The zero-order valence-electron chi connectivity index (χ0n) is 36.8. The minimum Gasteiger partial charge on any atom is -0.497 e. The number of hydrogen-bond acceptors (Lipinski definition) is 15. The zero-order chi connectivity index (χ0) is 47.4. The van der Waals surface area contributed by atoms with E-state index in [0.29, 0.717) is 47.5 Å². The minimum atomic E-state index is -4.61. The first-order valence-corrected chi connectivity index (χ1v) is 24.9. The molecule has 1 unspecified atom stereocenters. The van der Waals surface area contributed by atoms with Gasteiger partial charge in [0, 0.05) is 35.8 Å². The van der Waals surface area contributed by atoms with Crippen molar-refractivity contribution in [1.82, 2.24) is 14.9 Å². The molecule has 0 radical (unpaired) electrons. The molecule has 1 heterocycles. The summed E-state index contributed by atoms with van der Waals surface area (Å²) in [6.45, 7) is 5.63. The SMILES string of the molecule is COc1ccc(COO/C=N\CCCN(CCCCNC(=O)OCc2ccc(OC)cc2)CCCOc2ccc3sc(S(=O)(=O)NCP(=O)(O)Oc4ccc(C#N)c(F)c4)c(C)c3c2)cc1. The highest BCUT2D eigenvalue weighted by Gasteiger charge is 2.28. The Labute approximate surface area is 387 Å². The standard InChI is InChI=1S/C45H53FN5O12PS2/c1-33-41-26-39(18-19-43(41)65-44(33)66(55,56)50-32-64(53,54)63-40-17-12-36(28-47)42(46)27-40)59-25-7-24-51(23-6-20-48-31-62-61-30-35-10-15-38(58-3)16-11-35)22-5-4-21-49-45(52)60-29-34-8-13-37(57-2)14-9-34/h8-19,26-27,31,50H,4-7,20-25,29-30,32H2,1-3H3,(H,49,52)(H,53,54)/b48-31-. The van der Waals surface area contributed by atoms with Gasteiger partial charge in [0.2, 0.25) is 6.40 Å². The van der Waals surface area contributed by atoms with Gasteiger partial charge >= 0.3 is 13.7 Å². The summed E-state index contributed by atoms with van der Waals surface area (Å²) in [4.78, 5) is 39.5. The lowest BCUT2D eigenvalue weighted by molar-refractivity contribution is -0.227. The lowest BCUT2D eigenvalue weighted by Gasteiger charge is -2.22. The second-order valence-corrected chi connectivity index (χ2v) is 19.4. The Hall–Kier alpha value is -5.78. The van der Waals surface area contributed by atoms with Crippen LogP contribution in [0.15, 0.2) is 94.1 Å². The third-order valence-corrected chi connectivity index (χ3v) is 14.4. The summed E-state index contributed by atoms with van der Waals surface area (Å²) in [6.07, 6.45) is 2.82. The molecule has 0 bridgehead atoms. The molecule has 1 atom stereocenters. The van der Waals surface area contributed by atoms with E-state index < -0.39 is 35.8 Å². The molecule has 0 aliphatic heterocycles. The molecular formula is C45H53FN5O12PS2. The van der Waals surface area contributed by atoms with E-state index in [1.807, 2.05) is 36.4 Å². The van der Waals surface area contributed by atoms with E-state index in [9.17, 15) is 27.1 Å². The van der Waals surface area contributed by atoms with Crippen LogP contribution in [0.4, 0.5) is 9.18 Å². The number of amides is 1. The number of halogens is 1. The molecule has 5 aromatic rings. The summed E-state index contributed by atoms with van der Waals surface area (Å²) in [5.74, 6) is 0.740. The number of aliphatic imine (C=N–C) groups is 1. The minimum absolute atomic E-state index is 0.0488. The fourth-order valence-electron chi connectivity index (χ4n) is 6.31. The van der Waals surface area contributed by atoms with Gasteiger partial charge in [-0.15, -0.1) is 11.3 Å². The topological polar surface area (TPSA) is 217 Å². The number of hydrogen-bond donors (Lipinski definition) is 3. The Morgan fingerprint density at radius 3 is 2.23 bits per heavy atom. The molecule has 0 saturated heterocycles. The molecule has 1 aromatic heterocycles. The Morgan fingerprint density at radius 1 is 0.894 bits per heavy atom. The van der Waals surface area contributed by atoms with E-state index in [1.54, 1.807) is 57.5 Å². The molecular weight excluding hydrogens is 917 g/mol. The predicted octanol–water partition coefficient (Wildman–Crippen LogP) is 8.08. The smallest absolute Gasteiger partial charge is 0.407 e. The van der Waals surface area contributed by atoms with Gasteiger partial charge in [0.15, 0.2) is 0 Å². The van der Waals surface area contributed by atoms with Crippen LogP contribution in [0.5, 0.6) is 23.0 Å². The van der Waals surface area contributed by atoms with Crippen LogP contribution in [0.3, 0.4) is 0 Å². The van der Waals surface area contributed by atoms with E-state index in [0.717, 1.165) is 91.1 Å². The molecule has 3 N–H and O–H groups in total. The molecule has 4 aromatic carbocycles. The number of thiophene rings is 1. The number of fused-ring (bicyclic) bond motifs is 1. The van der Waals surface area contributed by atoms with Crippen LogP contribution in [0, 0.1) is 24.1 Å². The van der Waals surface area contributed by atoms with Crippen LogP contribution < -0.4 is 28.8 Å². The molecule has 5 rings (SSSR count). The number of carbonyl (C=O) groups excluding carboxylic acids is 1. The quantitative estimate of drug-likeness (QED) is 0.0108. The van der Waals surface area contributed by atoms with Crippen molar-refractivity contribution < 1.29 is 60.3 Å². The third-order valence-electron chi connectivity index (χ3n) is 9.79. The normalized spacial score (nSPS) is 12.4. The van der Waals surface area contributed by atoms with Gasteiger partial charge in [0.05, 0.1) is 26.4 Å². The molecule has 21 heteroatoms. The number of unbranched alkanes of at least 4 members (excludes halogenated alkanes) is 1. The molecule has 66 heavy (non-hydrogen) atoms. The zero-order valence-corrected chi connectivity index (χ0v) is 39.3. The van der Waals surface area contributed by atoms with Gasteiger partial charge in [0.25, 0.3) is 10.0 Å². The number of rotatable bonds is 28. The summed E-state index contributed by atoms with van der Waals surface area (Å²) in [7, 11) is -5.68. The summed E-state index contributed by atoms with van der Waals surface area (Å²) in [5, 5.41) is 12.4. The first-order chi connectivity index (χ1) is 31.8. The fourth-order valence-corrected chi connectivity index (χ4v) is 10.6.